The van der Waals surface area contributed by atoms with Gasteiger partial charge in [0.25, 0.3) is 5.89 Å². The molecule has 1 aliphatic rings. The zero-order valence-electron chi connectivity index (χ0n) is 15.6. The molecule has 8 heteroatoms. The molecule has 1 aliphatic heterocycles. The maximum absolute atomic E-state index is 12.4. The third-order valence-electron chi connectivity index (χ3n) is 4.94. The van der Waals surface area contributed by atoms with E-state index in [0.717, 1.165) is 29.7 Å². The van der Waals surface area contributed by atoms with Crippen LogP contribution in [0.2, 0.25) is 0 Å². The summed E-state index contributed by atoms with van der Waals surface area (Å²) in [6.07, 6.45) is 4.74. The molecule has 0 unspecified atom stereocenters. The van der Waals surface area contributed by atoms with Crippen molar-refractivity contribution in [3.63, 3.8) is 0 Å². The molecule has 1 saturated heterocycles. The van der Waals surface area contributed by atoms with Gasteiger partial charge in [0.15, 0.2) is 0 Å². The summed E-state index contributed by atoms with van der Waals surface area (Å²) in [6.45, 7) is 1.80. The molecule has 1 fully saturated rings. The maximum Gasteiger partial charge on any atom is 0.317 e. The molecule has 0 aliphatic carbocycles. The van der Waals surface area contributed by atoms with Gasteiger partial charge in [-0.3, -0.25) is 0 Å². The van der Waals surface area contributed by atoms with E-state index in [4.69, 9.17) is 13.6 Å². The molecule has 146 valence electrons. The Labute approximate surface area is 162 Å². The van der Waals surface area contributed by atoms with Crippen molar-refractivity contribution in [1.82, 2.24) is 20.4 Å². The molecule has 0 radical (unpaired) electrons. The number of hydrogen-bond donors (Lipinski definition) is 1. The molecule has 0 saturated carbocycles. The average molecular weight is 382 g/mol. The number of amides is 2. The molecule has 0 atom stereocenters. The smallest absolute Gasteiger partial charge is 0.317 e. The second kappa shape index (κ2) is 8.16. The van der Waals surface area contributed by atoms with Crippen LogP contribution in [-0.4, -0.2) is 41.3 Å². The minimum atomic E-state index is -0.0566. The van der Waals surface area contributed by atoms with Gasteiger partial charge in [0.1, 0.15) is 12.0 Å². The lowest BCUT2D eigenvalue weighted by molar-refractivity contribution is 0.177. The number of piperidine rings is 1. The van der Waals surface area contributed by atoms with Crippen molar-refractivity contribution in [3.8, 4) is 17.2 Å². The van der Waals surface area contributed by atoms with Gasteiger partial charge >= 0.3 is 6.03 Å². The van der Waals surface area contributed by atoms with Crippen molar-refractivity contribution in [2.75, 3.05) is 20.2 Å². The van der Waals surface area contributed by atoms with Crippen molar-refractivity contribution in [3.05, 3.63) is 54.3 Å². The van der Waals surface area contributed by atoms with E-state index in [-0.39, 0.29) is 11.9 Å². The third-order valence-corrected chi connectivity index (χ3v) is 4.94. The van der Waals surface area contributed by atoms with Crippen LogP contribution in [0.5, 0.6) is 5.75 Å². The summed E-state index contributed by atoms with van der Waals surface area (Å²) in [4.78, 5) is 14.3. The normalized spacial score (nSPS) is 14.8. The Morgan fingerprint density at radius 1 is 1.21 bits per heavy atom. The topological polar surface area (TPSA) is 93.6 Å². The first kappa shape index (κ1) is 18.1. The van der Waals surface area contributed by atoms with E-state index in [0.29, 0.717) is 31.4 Å². The highest BCUT2D eigenvalue weighted by atomic mass is 16.5. The number of nitrogens with one attached hydrogen (secondary N) is 1. The van der Waals surface area contributed by atoms with Crippen molar-refractivity contribution in [1.29, 1.82) is 0 Å². The molecule has 1 aromatic carbocycles. The number of carbonyl (C=O) groups excluding carboxylic acids is 1. The molecule has 4 rings (SSSR count). The largest absolute Gasteiger partial charge is 0.497 e. The lowest BCUT2D eigenvalue weighted by Crippen LogP contribution is -2.43. The van der Waals surface area contributed by atoms with Crippen molar-refractivity contribution in [2.45, 2.75) is 25.3 Å². The molecule has 8 nitrogen and oxygen atoms in total. The second-order valence-corrected chi connectivity index (χ2v) is 6.73. The quantitative estimate of drug-likeness (QED) is 0.727. The van der Waals surface area contributed by atoms with Crippen LogP contribution in [0.3, 0.4) is 0 Å². The van der Waals surface area contributed by atoms with Gasteiger partial charge < -0.3 is 23.8 Å². The monoisotopic (exact) mass is 382 g/mol. The molecule has 3 heterocycles. The molecule has 0 spiro atoms. The van der Waals surface area contributed by atoms with Crippen LogP contribution in [0.15, 0.2) is 51.7 Å². The van der Waals surface area contributed by atoms with Gasteiger partial charge in [-0.25, -0.2) is 4.79 Å². The molecular weight excluding hydrogens is 360 g/mol. The molecule has 2 aromatic heterocycles. The van der Waals surface area contributed by atoms with E-state index in [1.807, 2.05) is 29.2 Å². The first-order chi connectivity index (χ1) is 13.7. The van der Waals surface area contributed by atoms with Gasteiger partial charge in [-0.05, 0) is 36.6 Å². The SMILES string of the molecule is COc1ccc(CNC(=O)N2CCC(c3nnc(-c4ccoc4)o3)CC2)cc1. The third kappa shape index (κ3) is 4.00. The Kier molecular flexibility index (Phi) is 5.27. The number of ether oxygens (including phenoxy) is 1. The highest BCUT2D eigenvalue weighted by Gasteiger charge is 2.27. The minimum Gasteiger partial charge on any atom is -0.497 e. The van der Waals surface area contributed by atoms with Gasteiger partial charge in [-0.15, -0.1) is 10.2 Å². The Balaban J connectivity index is 1.27. The van der Waals surface area contributed by atoms with Gasteiger partial charge in [-0.2, -0.15) is 0 Å². The van der Waals surface area contributed by atoms with Gasteiger partial charge in [-0.1, -0.05) is 12.1 Å². The molecule has 1 N–H and O–H groups in total. The van der Waals surface area contributed by atoms with Crippen LogP contribution >= 0.6 is 0 Å². The summed E-state index contributed by atoms with van der Waals surface area (Å²) < 4.78 is 16.0. The number of likely N-dealkylation sites (tertiary alicyclic amines) is 1. The van der Waals surface area contributed by atoms with E-state index >= 15 is 0 Å². The minimum absolute atomic E-state index is 0.0566. The fraction of sp³-hybridized carbons (Fsp3) is 0.350. The Bertz CT molecular complexity index is 897. The second-order valence-electron chi connectivity index (χ2n) is 6.73. The predicted octanol–water partition coefficient (Wildman–Crippen LogP) is 3.43. The number of urea groups is 1. The van der Waals surface area contributed by atoms with Crippen molar-refractivity contribution in [2.24, 2.45) is 0 Å². The number of furan rings is 1. The number of nitrogens with zero attached hydrogens (tertiary/aromatic N) is 3. The number of benzene rings is 1. The van der Waals surface area contributed by atoms with Gasteiger partial charge in [0.2, 0.25) is 5.89 Å². The summed E-state index contributed by atoms with van der Waals surface area (Å²) in [5, 5.41) is 11.2. The predicted molar refractivity (Wildman–Crippen MR) is 101 cm³/mol. The summed E-state index contributed by atoms with van der Waals surface area (Å²) in [5.41, 5.74) is 1.80. The highest BCUT2D eigenvalue weighted by Crippen LogP contribution is 2.29. The van der Waals surface area contributed by atoms with Crippen LogP contribution < -0.4 is 10.1 Å². The van der Waals surface area contributed by atoms with E-state index < -0.39 is 0 Å². The summed E-state index contributed by atoms with van der Waals surface area (Å²) in [7, 11) is 1.63. The van der Waals surface area contributed by atoms with Crippen LogP contribution in [0, 0.1) is 0 Å². The lowest BCUT2D eigenvalue weighted by atomic mass is 9.97. The fourth-order valence-corrected chi connectivity index (χ4v) is 3.26. The standard InChI is InChI=1S/C20H22N4O4/c1-26-17-4-2-14(3-5-17)12-21-20(25)24-9-6-15(7-10-24)18-22-23-19(28-18)16-8-11-27-13-16/h2-5,8,11,13,15H,6-7,9-10,12H2,1H3,(H,21,25). The fourth-order valence-electron chi connectivity index (χ4n) is 3.26. The van der Waals surface area contributed by atoms with Gasteiger partial charge in [0, 0.05) is 25.6 Å². The first-order valence-corrected chi connectivity index (χ1v) is 9.24. The van der Waals surface area contributed by atoms with E-state index in [9.17, 15) is 4.79 Å². The molecule has 0 bridgehead atoms. The Morgan fingerprint density at radius 2 is 2.00 bits per heavy atom. The molecule has 28 heavy (non-hydrogen) atoms. The summed E-state index contributed by atoms with van der Waals surface area (Å²) >= 11 is 0. The van der Waals surface area contributed by atoms with E-state index in [1.54, 1.807) is 25.7 Å². The number of rotatable bonds is 5. The van der Waals surface area contributed by atoms with Crippen LogP contribution in [-0.2, 0) is 6.54 Å². The molecular formula is C20H22N4O4. The summed E-state index contributed by atoms with van der Waals surface area (Å²) in [6, 6.07) is 9.38. The molecule has 2 amide bonds. The van der Waals surface area contributed by atoms with Crippen LogP contribution in [0.4, 0.5) is 4.79 Å². The number of hydrogen-bond acceptors (Lipinski definition) is 6. The average Bonchev–Trinajstić information content (AvgIpc) is 3.44. The van der Waals surface area contributed by atoms with Crippen LogP contribution in [0.1, 0.15) is 30.2 Å². The van der Waals surface area contributed by atoms with Crippen molar-refractivity contribution >= 4 is 6.03 Å². The Morgan fingerprint density at radius 3 is 2.68 bits per heavy atom. The number of methoxy groups -OCH3 is 1. The maximum atomic E-state index is 12.4. The first-order valence-electron chi connectivity index (χ1n) is 9.24. The Hall–Kier alpha value is -3.29. The molecule has 3 aromatic rings. The highest BCUT2D eigenvalue weighted by molar-refractivity contribution is 5.74. The lowest BCUT2D eigenvalue weighted by Gasteiger charge is -2.30. The number of carbonyl (C=O) groups is 1. The zero-order chi connectivity index (χ0) is 19.3. The van der Waals surface area contributed by atoms with E-state index in [1.165, 1.54) is 0 Å². The van der Waals surface area contributed by atoms with Crippen LogP contribution in [0.25, 0.3) is 11.5 Å². The summed E-state index contributed by atoms with van der Waals surface area (Å²) in [5.74, 6) is 2.05. The number of aromatic nitrogens is 2. The van der Waals surface area contributed by atoms with E-state index in [2.05, 4.69) is 15.5 Å². The van der Waals surface area contributed by atoms with Crippen molar-refractivity contribution < 1.29 is 18.4 Å². The van der Waals surface area contributed by atoms with Gasteiger partial charge in [0.05, 0.1) is 18.9 Å². The zero-order valence-corrected chi connectivity index (χ0v) is 15.6.